The smallest absolute Gasteiger partial charge is 0.343 e. The maximum absolute atomic E-state index is 12.4. The fourth-order valence-corrected chi connectivity index (χ4v) is 4.59. The highest BCUT2D eigenvalue weighted by molar-refractivity contribution is 7.91. The molecule has 1 saturated heterocycles. The van der Waals surface area contributed by atoms with Crippen LogP contribution in [0.2, 0.25) is 0 Å². The van der Waals surface area contributed by atoms with Crippen LogP contribution >= 0.6 is 0 Å². The molecular formula is C17H17N3O6S. The number of sulfone groups is 1. The fourth-order valence-electron chi connectivity index (χ4n) is 2.91. The van der Waals surface area contributed by atoms with Gasteiger partial charge in [-0.1, -0.05) is 0 Å². The van der Waals surface area contributed by atoms with E-state index in [1.807, 2.05) is 6.07 Å². The number of aryl methyl sites for hydroxylation is 1. The Balaban J connectivity index is 1.66. The van der Waals surface area contributed by atoms with Crippen LogP contribution in [0.4, 0.5) is 0 Å². The summed E-state index contributed by atoms with van der Waals surface area (Å²) < 4.78 is 34.9. The SMILES string of the molecule is Cc1oc(-n2cccc2)c(C#N)c1C(=O)OCC(=O)N[C@H]1CCS(=O)(=O)C1. The Morgan fingerprint density at radius 3 is 2.70 bits per heavy atom. The van der Waals surface area contributed by atoms with E-state index in [1.54, 1.807) is 29.1 Å². The topological polar surface area (TPSA) is 131 Å². The van der Waals surface area contributed by atoms with E-state index in [4.69, 9.17) is 9.15 Å². The second-order valence-electron chi connectivity index (χ2n) is 6.16. The lowest BCUT2D eigenvalue weighted by Crippen LogP contribution is -2.38. The molecule has 9 nitrogen and oxygen atoms in total. The third-order valence-electron chi connectivity index (χ3n) is 4.15. The molecule has 1 N–H and O–H groups in total. The molecule has 27 heavy (non-hydrogen) atoms. The van der Waals surface area contributed by atoms with Crippen LogP contribution in [-0.4, -0.2) is 49.0 Å². The molecule has 10 heteroatoms. The van der Waals surface area contributed by atoms with Crippen molar-refractivity contribution >= 4 is 21.7 Å². The first kappa shape index (κ1) is 18.7. The molecule has 0 unspecified atom stereocenters. The van der Waals surface area contributed by atoms with E-state index in [2.05, 4.69) is 5.32 Å². The van der Waals surface area contributed by atoms with Crippen LogP contribution in [0.3, 0.4) is 0 Å². The second-order valence-corrected chi connectivity index (χ2v) is 8.39. The highest BCUT2D eigenvalue weighted by Gasteiger charge is 2.30. The number of rotatable bonds is 5. The summed E-state index contributed by atoms with van der Waals surface area (Å²) in [6.45, 7) is 0.942. The van der Waals surface area contributed by atoms with Gasteiger partial charge in [-0.3, -0.25) is 9.36 Å². The van der Waals surface area contributed by atoms with Crippen molar-refractivity contribution < 1.29 is 27.2 Å². The molecule has 1 aliphatic heterocycles. The van der Waals surface area contributed by atoms with Crippen LogP contribution in [0.15, 0.2) is 28.9 Å². The minimum absolute atomic E-state index is 0.0102. The van der Waals surface area contributed by atoms with Gasteiger partial charge in [-0.15, -0.1) is 0 Å². The normalized spacial score (nSPS) is 18.0. The summed E-state index contributed by atoms with van der Waals surface area (Å²) in [6, 6.07) is 4.93. The zero-order valence-electron chi connectivity index (χ0n) is 14.5. The van der Waals surface area contributed by atoms with Crippen molar-refractivity contribution in [1.29, 1.82) is 5.26 Å². The van der Waals surface area contributed by atoms with Crippen molar-refractivity contribution in [3.63, 3.8) is 0 Å². The minimum atomic E-state index is -3.12. The molecule has 0 saturated carbocycles. The molecule has 0 spiro atoms. The Hall–Kier alpha value is -3.06. The first-order valence-electron chi connectivity index (χ1n) is 8.14. The van der Waals surface area contributed by atoms with E-state index in [-0.39, 0.29) is 34.3 Å². The number of hydrogen-bond donors (Lipinski definition) is 1. The van der Waals surface area contributed by atoms with Gasteiger partial charge in [0.1, 0.15) is 23.0 Å². The molecule has 3 heterocycles. The van der Waals surface area contributed by atoms with Crippen LogP contribution < -0.4 is 5.32 Å². The second kappa shape index (κ2) is 7.28. The van der Waals surface area contributed by atoms with Crippen molar-refractivity contribution in [3.8, 4) is 12.0 Å². The number of carbonyl (C=O) groups excluding carboxylic acids is 2. The molecule has 2 aromatic heterocycles. The van der Waals surface area contributed by atoms with Crippen LogP contribution in [0.5, 0.6) is 0 Å². The van der Waals surface area contributed by atoms with Gasteiger partial charge in [0.15, 0.2) is 16.4 Å². The van der Waals surface area contributed by atoms with Crippen LogP contribution in [0.25, 0.3) is 5.88 Å². The van der Waals surface area contributed by atoms with E-state index in [9.17, 15) is 23.3 Å². The number of furan rings is 1. The first-order chi connectivity index (χ1) is 12.8. The van der Waals surface area contributed by atoms with E-state index in [1.165, 1.54) is 6.92 Å². The number of amides is 1. The molecule has 1 aliphatic rings. The summed E-state index contributed by atoms with van der Waals surface area (Å²) >= 11 is 0. The van der Waals surface area contributed by atoms with Crippen LogP contribution in [-0.2, 0) is 19.4 Å². The van der Waals surface area contributed by atoms with E-state index in [0.717, 1.165) is 0 Å². The van der Waals surface area contributed by atoms with E-state index < -0.39 is 34.4 Å². The number of aromatic nitrogens is 1. The van der Waals surface area contributed by atoms with E-state index in [0.29, 0.717) is 6.42 Å². The Labute approximate surface area is 155 Å². The Morgan fingerprint density at radius 1 is 1.41 bits per heavy atom. The van der Waals surface area contributed by atoms with Crippen molar-refractivity contribution in [3.05, 3.63) is 41.4 Å². The predicted octanol–water partition coefficient (Wildman–Crippen LogP) is 0.710. The van der Waals surface area contributed by atoms with Crippen molar-refractivity contribution in [2.75, 3.05) is 18.1 Å². The lowest BCUT2D eigenvalue weighted by atomic mass is 10.1. The molecule has 0 bridgehead atoms. The van der Waals surface area contributed by atoms with Gasteiger partial charge in [0.2, 0.25) is 5.88 Å². The molecule has 2 aromatic rings. The van der Waals surface area contributed by atoms with Gasteiger partial charge in [0.05, 0.1) is 11.5 Å². The summed E-state index contributed by atoms with van der Waals surface area (Å²) in [5, 5.41) is 11.9. The van der Waals surface area contributed by atoms with E-state index >= 15 is 0 Å². The third-order valence-corrected chi connectivity index (χ3v) is 5.92. The summed E-state index contributed by atoms with van der Waals surface area (Å²) in [4.78, 5) is 24.3. The summed E-state index contributed by atoms with van der Waals surface area (Å²) in [7, 11) is -3.12. The van der Waals surface area contributed by atoms with Gasteiger partial charge in [0.25, 0.3) is 5.91 Å². The maximum Gasteiger partial charge on any atom is 0.343 e. The van der Waals surface area contributed by atoms with Gasteiger partial charge in [-0.25, -0.2) is 13.2 Å². The number of hydrogen-bond acceptors (Lipinski definition) is 7. The Morgan fingerprint density at radius 2 is 2.11 bits per heavy atom. The number of nitrogens with one attached hydrogen (secondary N) is 1. The number of nitrogens with zero attached hydrogens (tertiary/aromatic N) is 2. The zero-order valence-corrected chi connectivity index (χ0v) is 15.3. The van der Waals surface area contributed by atoms with Crippen LogP contribution in [0.1, 0.15) is 28.1 Å². The zero-order chi connectivity index (χ0) is 19.6. The first-order valence-corrected chi connectivity index (χ1v) is 9.96. The molecular weight excluding hydrogens is 374 g/mol. The molecule has 1 amide bonds. The summed E-state index contributed by atoms with van der Waals surface area (Å²) in [6.07, 6.45) is 3.66. The molecule has 0 radical (unpaired) electrons. The van der Waals surface area contributed by atoms with Gasteiger partial charge in [0, 0.05) is 18.4 Å². The van der Waals surface area contributed by atoms with Crippen molar-refractivity contribution in [2.45, 2.75) is 19.4 Å². The Bertz CT molecular complexity index is 1010. The average Bonchev–Trinajstić information content (AvgIpc) is 3.31. The van der Waals surface area contributed by atoms with Gasteiger partial charge in [-0.05, 0) is 25.5 Å². The summed E-state index contributed by atoms with van der Waals surface area (Å²) in [5.74, 6) is -1.17. The standard InChI is InChI=1S/C17H17N3O6S/c1-11-15(13(8-18)16(26-11)20-5-2-3-6-20)17(22)25-9-14(21)19-12-4-7-27(23,24)10-12/h2-3,5-6,12H,4,7,9-10H2,1H3,(H,19,21)/t12-/m0/s1. The Kier molecular flexibility index (Phi) is 5.05. The molecule has 0 aromatic carbocycles. The van der Waals surface area contributed by atoms with Gasteiger partial charge >= 0.3 is 5.97 Å². The summed E-state index contributed by atoms with van der Waals surface area (Å²) in [5.41, 5.74) is -0.0339. The average molecular weight is 391 g/mol. The molecule has 3 rings (SSSR count). The molecule has 1 fully saturated rings. The van der Waals surface area contributed by atoms with Crippen LogP contribution in [0, 0.1) is 18.3 Å². The van der Waals surface area contributed by atoms with Gasteiger partial charge in [-0.2, -0.15) is 5.26 Å². The predicted molar refractivity (Wildman–Crippen MR) is 93.0 cm³/mol. The monoisotopic (exact) mass is 391 g/mol. The third kappa shape index (κ3) is 4.03. The highest BCUT2D eigenvalue weighted by atomic mass is 32.2. The maximum atomic E-state index is 12.4. The molecule has 1 atom stereocenters. The molecule has 0 aliphatic carbocycles. The highest BCUT2D eigenvalue weighted by Crippen LogP contribution is 2.26. The lowest BCUT2D eigenvalue weighted by Gasteiger charge is -2.10. The molecule has 142 valence electrons. The number of esters is 1. The minimum Gasteiger partial charge on any atom is -0.452 e. The van der Waals surface area contributed by atoms with Crippen molar-refractivity contribution in [1.82, 2.24) is 9.88 Å². The fraction of sp³-hybridized carbons (Fsp3) is 0.353. The lowest BCUT2D eigenvalue weighted by molar-refractivity contribution is -0.124. The van der Waals surface area contributed by atoms with Gasteiger partial charge < -0.3 is 14.5 Å². The van der Waals surface area contributed by atoms with Crippen molar-refractivity contribution in [2.24, 2.45) is 0 Å². The number of carbonyl (C=O) groups is 2. The quantitative estimate of drug-likeness (QED) is 0.743. The number of ether oxygens (including phenoxy) is 1. The largest absolute Gasteiger partial charge is 0.452 e. The number of nitriles is 1.